The van der Waals surface area contributed by atoms with Crippen LogP contribution in [0.5, 0.6) is 0 Å². The Kier molecular flexibility index (Phi) is 5.66. The molecule has 0 saturated heterocycles. The molecule has 0 saturated carbocycles. The summed E-state index contributed by atoms with van der Waals surface area (Å²) >= 11 is 1.21. The van der Waals surface area contributed by atoms with Gasteiger partial charge in [-0.1, -0.05) is 18.2 Å². The summed E-state index contributed by atoms with van der Waals surface area (Å²) < 4.78 is 5.31. The van der Waals surface area contributed by atoms with E-state index in [1.54, 1.807) is 23.6 Å². The van der Waals surface area contributed by atoms with Gasteiger partial charge in [0.15, 0.2) is 5.13 Å². The summed E-state index contributed by atoms with van der Waals surface area (Å²) in [6.45, 7) is 3.72. The molecule has 140 valence electrons. The topological polar surface area (TPSA) is 101 Å². The number of aromatic nitrogens is 1. The summed E-state index contributed by atoms with van der Waals surface area (Å²) in [6.07, 6.45) is 0.169. The molecule has 2 aromatic heterocycles. The molecule has 0 fully saturated rings. The molecule has 3 aromatic rings. The van der Waals surface area contributed by atoms with Crippen LogP contribution in [0.3, 0.4) is 0 Å². The van der Waals surface area contributed by atoms with Crippen molar-refractivity contribution < 1.29 is 14.0 Å². The van der Waals surface area contributed by atoms with E-state index >= 15 is 0 Å². The fourth-order valence-corrected chi connectivity index (χ4v) is 3.23. The summed E-state index contributed by atoms with van der Waals surface area (Å²) in [7, 11) is 0. The van der Waals surface area contributed by atoms with E-state index in [1.807, 2.05) is 26.0 Å². The number of hydrogen-bond donors (Lipinski definition) is 2. The quantitative estimate of drug-likeness (QED) is 0.635. The molecule has 8 heteroatoms. The van der Waals surface area contributed by atoms with E-state index in [2.05, 4.69) is 15.6 Å². The molecular formula is C19H19N3O4S. The Hall–Kier alpha value is -3.00. The Labute approximate surface area is 159 Å². The zero-order chi connectivity index (χ0) is 19.4. The third-order valence-electron chi connectivity index (χ3n) is 3.70. The van der Waals surface area contributed by atoms with Crippen molar-refractivity contribution in [3.63, 3.8) is 0 Å². The Balaban J connectivity index is 1.68. The fourth-order valence-electron chi connectivity index (χ4n) is 2.50. The summed E-state index contributed by atoms with van der Waals surface area (Å²) in [4.78, 5) is 40.1. The van der Waals surface area contributed by atoms with Crippen LogP contribution in [0, 0.1) is 0 Å². The molecule has 2 amide bonds. The molecule has 0 unspecified atom stereocenters. The number of carbonyl (C=O) groups excluding carboxylic acids is 2. The monoisotopic (exact) mass is 385 g/mol. The van der Waals surface area contributed by atoms with Crippen LogP contribution in [0.15, 0.2) is 44.9 Å². The minimum absolute atomic E-state index is 0.0377. The highest BCUT2D eigenvalue weighted by Crippen LogP contribution is 2.25. The Morgan fingerprint density at radius 1 is 1.19 bits per heavy atom. The van der Waals surface area contributed by atoms with Crippen LogP contribution in [0.25, 0.3) is 22.2 Å². The van der Waals surface area contributed by atoms with Gasteiger partial charge in [-0.3, -0.25) is 9.59 Å². The molecule has 2 heterocycles. The lowest BCUT2D eigenvalue weighted by atomic mass is 10.1. The zero-order valence-electron chi connectivity index (χ0n) is 14.9. The van der Waals surface area contributed by atoms with E-state index in [0.29, 0.717) is 22.0 Å². The lowest BCUT2D eigenvalue weighted by molar-refractivity contribution is -0.124. The molecule has 3 rings (SSSR count). The van der Waals surface area contributed by atoms with Crippen LogP contribution in [-0.2, 0) is 9.59 Å². The first-order valence-electron chi connectivity index (χ1n) is 8.50. The van der Waals surface area contributed by atoms with Crippen LogP contribution in [-0.4, -0.2) is 22.8 Å². The second-order valence-electron chi connectivity index (χ2n) is 6.29. The van der Waals surface area contributed by atoms with Gasteiger partial charge in [-0.25, -0.2) is 9.78 Å². The Morgan fingerprint density at radius 2 is 1.93 bits per heavy atom. The van der Waals surface area contributed by atoms with Gasteiger partial charge in [-0.15, -0.1) is 11.3 Å². The number of hydrogen-bond acceptors (Lipinski definition) is 6. The molecule has 1 aromatic carbocycles. The SMILES string of the molecule is CC(C)NC(=O)CCC(=O)Nc1nc(-c2cc3ccccc3oc2=O)cs1. The average Bonchev–Trinajstić information content (AvgIpc) is 3.07. The molecule has 2 N–H and O–H groups in total. The third kappa shape index (κ3) is 4.79. The number of carbonyl (C=O) groups is 2. The molecule has 0 bridgehead atoms. The highest BCUT2D eigenvalue weighted by atomic mass is 32.1. The normalized spacial score (nSPS) is 10.9. The predicted octanol–water partition coefficient (Wildman–Crippen LogP) is 3.16. The minimum atomic E-state index is -0.484. The van der Waals surface area contributed by atoms with E-state index in [0.717, 1.165) is 5.39 Å². The minimum Gasteiger partial charge on any atom is -0.422 e. The van der Waals surface area contributed by atoms with Gasteiger partial charge >= 0.3 is 5.63 Å². The van der Waals surface area contributed by atoms with Crippen molar-refractivity contribution in [3.05, 3.63) is 46.1 Å². The van der Waals surface area contributed by atoms with Gasteiger partial charge in [0.25, 0.3) is 0 Å². The van der Waals surface area contributed by atoms with Crippen molar-refractivity contribution in [1.82, 2.24) is 10.3 Å². The molecule has 27 heavy (non-hydrogen) atoms. The average molecular weight is 385 g/mol. The van der Waals surface area contributed by atoms with Crippen molar-refractivity contribution in [3.8, 4) is 11.3 Å². The molecule has 0 aliphatic rings. The van der Waals surface area contributed by atoms with Gasteiger partial charge in [-0.2, -0.15) is 0 Å². The molecule has 0 aliphatic heterocycles. The number of nitrogens with one attached hydrogen (secondary N) is 2. The smallest absolute Gasteiger partial charge is 0.345 e. The number of nitrogens with zero attached hydrogens (tertiary/aromatic N) is 1. The number of anilines is 1. The first kappa shape index (κ1) is 18.8. The zero-order valence-corrected chi connectivity index (χ0v) is 15.8. The molecule has 7 nitrogen and oxygen atoms in total. The van der Waals surface area contributed by atoms with Crippen molar-refractivity contribution in [1.29, 1.82) is 0 Å². The standard InChI is InChI=1S/C19H19N3O4S/c1-11(2)20-16(23)7-8-17(24)22-19-21-14(10-27-19)13-9-12-5-3-4-6-15(12)26-18(13)25/h3-6,9-11H,7-8H2,1-2H3,(H,20,23)(H,21,22,24). The highest BCUT2D eigenvalue weighted by Gasteiger charge is 2.14. The molecule has 0 radical (unpaired) electrons. The number of thiazole rings is 1. The maximum atomic E-state index is 12.2. The highest BCUT2D eigenvalue weighted by molar-refractivity contribution is 7.14. The van der Waals surface area contributed by atoms with Crippen LogP contribution in [0.4, 0.5) is 5.13 Å². The fraction of sp³-hybridized carbons (Fsp3) is 0.263. The van der Waals surface area contributed by atoms with Crippen molar-refractivity contribution in [2.24, 2.45) is 0 Å². The molecule has 0 aliphatic carbocycles. The van der Waals surface area contributed by atoms with Crippen molar-refractivity contribution >= 4 is 39.3 Å². The predicted molar refractivity (Wildman–Crippen MR) is 105 cm³/mol. The van der Waals surface area contributed by atoms with Gasteiger partial charge in [0.1, 0.15) is 5.58 Å². The summed E-state index contributed by atoms with van der Waals surface area (Å²) in [5.41, 5.74) is 0.797. The van der Waals surface area contributed by atoms with E-state index in [-0.39, 0.29) is 30.7 Å². The van der Waals surface area contributed by atoms with Crippen LogP contribution in [0.2, 0.25) is 0 Å². The van der Waals surface area contributed by atoms with Crippen molar-refractivity contribution in [2.75, 3.05) is 5.32 Å². The van der Waals surface area contributed by atoms with Gasteiger partial charge in [0.05, 0.1) is 11.3 Å². The summed E-state index contributed by atoms with van der Waals surface area (Å²) in [6, 6.07) is 8.98. The van der Waals surface area contributed by atoms with Crippen LogP contribution in [0.1, 0.15) is 26.7 Å². The van der Waals surface area contributed by atoms with E-state index in [4.69, 9.17) is 4.42 Å². The molecule has 0 atom stereocenters. The number of rotatable bonds is 6. The number of fused-ring (bicyclic) bond motifs is 1. The molecule has 0 spiro atoms. The lowest BCUT2D eigenvalue weighted by Gasteiger charge is -2.07. The maximum absolute atomic E-state index is 12.2. The number of amides is 2. The van der Waals surface area contributed by atoms with E-state index < -0.39 is 5.63 Å². The largest absolute Gasteiger partial charge is 0.422 e. The lowest BCUT2D eigenvalue weighted by Crippen LogP contribution is -2.30. The van der Waals surface area contributed by atoms with Crippen molar-refractivity contribution in [2.45, 2.75) is 32.7 Å². The van der Waals surface area contributed by atoms with Gasteiger partial charge in [0, 0.05) is 29.6 Å². The Bertz CT molecular complexity index is 1040. The Morgan fingerprint density at radius 3 is 2.70 bits per heavy atom. The van der Waals surface area contributed by atoms with Gasteiger partial charge < -0.3 is 15.1 Å². The maximum Gasteiger partial charge on any atom is 0.345 e. The number of para-hydroxylation sites is 1. The second-order valence-corrected chi connectivity index (χ2v) is 7.15. The number of benzene rings is 1. The van der Waals surface area contributed by atoms with Crippen LogP contribution >= 0.6 is 11.3 Å². The summed E-state index contributed by atoms with van der Waals surface area (Å²) in [5, 5.41) is 8.23. The third-order valence-corrected chi connectivity index (χ3v) is 4.45. The first-order valence-corrected chi connectivity index (χ1v) is 9.38. The van der Waals surface area contributed by atoms with Gasteiger partial charge in [-0.05, 0) is 26.0 Å². The van der Waals surface area contributed by atoms with E-state index in [1.165, 1.54) is 11.3 Å². The summed E-state index contributed by atoms with van der Waals surface area (Å²) in [5.74, 6) is -0.478. The first-order chi connectivity index (χ1) is 12.9. The van der Waals surface area contributed by atoms with E-state index in [9.17, 15) is 14.4 Å². The van der Waals surface area contributed by atoms with Crippen LogP contribution < -0.4 is 16.3 Å². The second kappa shape index (κ2) is 8.13. The molecular weight excluding hydrogens is 366 g/mol. The van der Waals surface area contributed by atoms with Gasteiger partial charge in [0.2, 0.25) is 11.8 Å².